The van der Waals surface area contributed by atoms with E-state index in [9.17, 15) is 0 Å². The molecule has 0 amide bonds. The monoisotopic (exact) mass is 146 g/mol. The van der Waals surface area contributed by atoms with Crippen molar-refractivity contribution in [3.8, 4) is 6.07 Å². The summed E-state index contributed by atoms with van der Waals surface area (Å²) in [4.78, 5) is 4.20. The summed E-state index contributed by atoms with van der Waals surface area (Å²) in [6.45, 7) is 3.95. The molecule has 2 nitrogen and oxygen atoms in total. The highest BCUT2D eigenvalue weighted by Gasteiger charge is 1.95. The smallest absolute Gasteiger partial charge is 0.0774 e. The van der Waals surface area contributed by atoms with Crippen LogP contribution < -0.4 is 0 Å². The summed E-state index contributed by atoms with van der Waals surface area (Å²) in [6.07, 6.45) is 0.405. The third-order valence-corrected chi connectivity index (χ3v) is 1.41. The van der Waals surface area contributed by atoms with Crippen LogP contribution in [0, 0.1) is 25.2 Å². The minimum atomic E-state index is 0.405. The van der Waals surface area contributed by atoms with Gasteiger partial charge in [-0.1, -0.05) is 0 Å². The van der Waals surface area contributed by atoms with Gasteiger partial charge < -0.3 is 0 Å². The molecule has 1 rings (SSSR count). The topological polar surface area (TPSA) is 36.7 Å². The van der Waals surface area contributed by atoms with Crippen LogP contribution in [0.2, 0.25) is 0 Å². The fourth-order valence-electron chi connectivity index (χ4n) is 1.10. The molecule has 0 atom stereocenters. The van der Waals surface area contributed by atoms with E-state index in [0.29, 0.717) is 6.42 Å². The van der Waals surface area contributed by atoms with Crippen molar-refractivity contribution in [3.05, 3.63) is 29.1 Å². The normalized spacial score (nSPS) is 9.18. The number of nitrogens with zero attached hydrogens (tertiary/aromatic N) is 2. The molecule has 1 aromatic rings. The van der Waals surface area contributed by atoms with Crippen LogP contribution in [0.5, 0.6) is 0 Å². The van der Waals surface area contributed by atoms with Gasteiger partial charge in [0.15, 0.2) is 0 Å². The van der Waals surface area contributed by atoms with Crippen LogP contribution in [0.25, 0.3) is 0 Å². The van der Waals surface area contributed by atoms with Gasteiger partial charge >= 0.3 is 0 Å². The number of rotatable bonds is 1. The van der Waals surface area contributed by atoms with Gasteiger partial charge in [0.25, 0.3) is 0 Å². The van der Waals surface area contributed by atoms with Crippen molar-refractivity contribution in [2.75, 3.05) is 0 Å². The summed E-state index contributed by atoms with van der Waals surface area (Å²) in [5.74, 6) is 0. The van der Waals surface area contributed by atoms with Crippen molar-refractivity contribution in [1.29, 1.82) is 5.26 Å². The first kappa shape index (κ1) is 7.74. The van der Waals surface area contributed by atoms with E-state index >= 15 is 0 Å². The Morgan fingerprint density at radius 2 is 2.18 bits per heavy atom. The molecule has 0 aromatic carbocycles. The number of aryl methyl sites for hydroxylation is 2. The number of nitriles is 1. The Kier molecular flexibility index (Phi) is 2.22. The molecule has 11 heavy (non-hydrogen) atoms. The minimum Gasteiger partial charge on any atom is -0.257 e. The second-order valence-electron chi connectivity index (χ2n) is 2.61. The lowest BCUT2D eigenvalue weighted by atomic mass is 10.2. The van der Waals surface area contributed by atoms with Crippen LogP contribution in [0.4, 0.5) is 0 Å². The molecule has 0 saturated heterocycles. The van der Waals surface area contributed by atoms with Gasteiger partial charge in [-0.2, -0.15) is 5.26 Å². The molecular formula is C9H10N2. The Morgan fingerprint density at radius 3 is 2.73 bits per heavy atom. The van der Waals surface area contributed by atoms with E-state index < -0.39 is 0 Å². The Labute approximate surface area is 66.5 Å². The fourth-order valence-corrected chi connectivity index (χ4v) is 1.10. The lowest BCUT2D eigenvalue weighted by molar-refractivity contribution is 1.05. The molecule has 0 aliphatic carbocycles. The first-order chi connectivity index (χ1) is 5.22. The molecule has 1 heterocycles. The van der Waals surface area contributed by atoms with Crippen molar-refractivity contribution in [2.24, 2.45) is 0 Å². The molecule has 2 heteroatoms. The molecule has 0 N–H and O–H groups in total. The zero-order chi connectivity index (χ0) is 8.27. The highest BCUT2D eigenvalue weighted by Crippen LogP contribution is 2.03. The van der Waals surface area contributed by atoms with Gasteiger partial charge in [-0.15, -0.1) is 0 Å². The highest BCUT2D eigenvalue weighted by atomic mass is 14.7. The Morgan fingerprint density at radius 1 is 1.45 bits per heavy atom. The second kappa shape index (κ2) is 3.16. The number of pyridine rings is 1. The third kappa shape index (κ3) is 2.05. The maximum Gasteiger partial charge on any atom is 0.0774 e. The van der Waals surface area contributed by atoms with E-state index in [1.165, 1.54) is 5.56 Å². The fraction of sp³-hybridized carbons (Fsp3) is 0.333. The summed E-state index contributed by atoms with van der Waals surface area (Å²) < 4.78 is 0. The van der Waals surface area contributed by atoms with Crippen LogP contribution in [0.1, 0.15) is 17.0 Å². The quantitative estimate of drug-likeness (QED) is 0.605. The SMILES string of the molecule is Cc1cc(C)nc(CC#N)c1. The van der Waals surface area contributed by atoms with Gasteiger partial charge in [-0.05, 0) is 31.5 Å². The van der Waals surface area contributed by atoms with Crippen molar-refractivity contribution >= 4 is 0 Å². The van der Waals surface area contributed by atoms with Crippen molar-refractivity contribution in [3.63, 3.8) is 0 Å². The Hall–Kier alpha value is -1.36. The van der Waals surface area contributed by atoms with Gasteiger partial charge in [-0.25, -0.2) is 0 Å². The standard InChI is InChI=1S/C9H10N2/c1-7-5-8(2)11-9(6-7)3-4-10/h5-6H,3H2,1-2H3. The highest BCUT2D eigenvalue weighted by molar-refractivity contribution is 5.21. The van der Waals surface area contributed by atoms with Crippen LogP contribution in [0.3, 0.4) is 0 Å². The molecule has 1 aromatic heterocycles. The average molecular weight is 146 g/mol. The first-order valence-corrected chi connectivity index (χ1v) is 3.53. The molecule has 0 radical (unpaired) electrons. The lowest BCUT2D eigenvalue weighted by Crippen LogP contribution is -1.91. The predicted molar refractivity (Wildman–Crippen MR) is 43.0 cm³/mol. The van der Waals surface area contributed by atoms with Gasteiger partial charge in [-0.3, -0.25) is 4.98 Å². The summed E-state index contributed by atoms with van der Waals surface area (Å²) in [7, 11) is 0. The zero-order valence-electron chi connectivity index (χ0n) is 6.76. The Bertz CT molecular complexity index is 277. The number of hydrogen-bond acceptors (Lipinski definition) is 2. The maximum absolute atomic E-state index is 8.41. The van der Waals surface area contributed by atoms with Gasteiger partial charge in [0.2, 0.25) is 0 Å². The van der Waals surface area contributed by atoms with Crippen LogP contribution in [-0.2, 0) is 6.42 Å². The summed E-state index contributed by atoms with van der Waals surface area (Å²) >= 11 is 0. The average Bonchev–Trinajstić information content (AvgIpc) is 1.85. The third-order valence-electron chi connectivity index (χ3n) is 1.41. The van der Waals surface area contributed by atoms with Crippen molar-refractivity contribution in [2.45, 2.75) is 20.3 Å². The zero-order valence-corrected chi connectivity index (χ0v) is 6.76. The summed E-state index contributed by atoms with van der Waals surface area (Å²) in [6, 6.07) is 6.02. The number of aromatic nitrogens is 1. The van der Waals surface area contributed by atoms with Crippen LogP contribution in [0.15, 0.2) is 12.1 Å². The molecular weight excluding hydrogens is 136 g/mol. The molecule has 0 aliphatic rings. The molecule has 0 bridgehead atoms. The summed E-state index contributed by atoms with van der Waals surface area (Å²) in [5.41, 5.74) is 3.02. The van der Waals surface area contributed by atoms with E-state index in [2.05, 4.69) is 11.1 Å². The Balaban J connectivity index is 3.01. The molecule has 0 saturated carbocycles. The maximum atomic E-state index is 8.41. The van der Waals surface area contributed by atoms with Crippen LogP contribution >= 0.6 is 0 Å². The van der Waals surface area contributed by atoms with E-state index in [1.54, 1.807) is 0 Å². The summed E-state index contributed by atoms with van der Waals surface area (Å²) in [5, 5.41) is 8.41. The van der Waals surface area contributed by atoms with Gasteiger partial charge in [0.1, 0.15) is 0 Å². The van der Waals surface area contributed by atoms with Gasteiger partial charge in [0, 0.05) is 5.69 Å². The molecule has 0 aliphatic heterocycles. The van der Waals surface area contributed by atoms with Crippen LogP contribution in [-0.4, -0.2) is 4.98 Å². The first-order valence-electron chi connectivity index (χ1n) is 3.53. The minimum absolute atomic E-state index is 0.405. The molecule has 0 fully saturated rings. The molecule has 0 spiro atoms. The second-order valence-corrected chi connectivity index (χ2v) is 2.61. The molecule has 0 unspecified atom stereocenters. The lowest BCUT2D eigenvalue weighted by Gasteiger charge is -1.98. The van der Waals surface area contributed by atoms with Gasteiger partial charge in [0.05, 0.1) is 18.2 Å². The van der Waals surface area contributed by atoms with E-state index in [4.69, 9.17) is 5.26 Å². The van der Waals surface area contributed by atoms with Crippen molar-refractivity contribution < 1.29 is 0 Å². The van der Waals surface area contributed by atoms with E-state index in [0.717, 1.165) is 11.4 Å². The van der Waals surface area contributed by atoms with Crippen molar-refractivity contribution in [1.82, 2.24) is 4.98 Å². The van der Waals surface area contributed by atoms with E-state index in [-0.39, 0.29) is 0 Å². The largest absolute Gasteiger partial charge is 0.257 e. The van der Waals surface area contributed by atoms with E-state index in [1.807, 2.05) is 26.0 Å². The predicted octanol–water partition coefficient (Wildman–Crippen LogP) is 1.76. The number of hydrogen-bond donors (Lipinski definition) is 0. The molecule has 56 valence electrons.